The molecule has 2 unspecified atom stereocenters. The van der Waals surface area contributed by atoms with E-state index in [1.807, 2.05) is 0 Å². The maximum absolute atomic E-state index is 3.59. The molecule has 0 aromatic heterocycles. The van der Waals surface area contributed by atoms with Crippen molar-refractivity contribution < 1.29 is 0 Å². The fourth-order valence-corrected chi connectivity index (χ4v) is 9.03. The first-order valence-electron chi connectivity index (χ1n) is 19.9. The normalized spacial score (nSPS) is 25.6. The van der Waals surface area contributed by atoms with Gasteiger partial charge in [0.2, 0.25) is 0 Å². The topological polar surface area (TPSA) is 28.4 Å². The number of allylic oxidation sites excluding steroid dienone is 10. The summed E-state index contributed by atoms with van der Waals surface area (Å²) in [5, 5.41) is 3.59. The summed E-state index contributed by atoms with van der Waals surface area (Å²) >= 11 is 0. The molecule has 0 radical (unpaired) electrons. The van der Waals surface area contributed by atoms with E-state index in [0.717, 1.165) is 25.3 Å². The van der Waals surface area contributed by atoms with Crippen molar-refractivity contribution in [1.29, 1.82) is 0 Å². The molecule has 1 aliphatic heterocycles. The highest BCUT2D eigenvalue weighted by Crippen LogP contribution is 2.46. The molecule has 1 saturated heterocycles. The number of nitrogens with zero attached hydrogens (tertiary/aromatic N) is 2. The molecule has 1 saturated carbocycles. The van der Waals surface area contributed by atoms with Crippen LogP contribution in [0.4, 0.5) is 17.1 Å². The van der Waals surface area contributed by atoms with E-state index in [-0.39, 0.29) is 0 Å². The lowest BCUT2D eigenvalue weighted by molar-refractivity contribution is 0.222. The number of rotatable bonds is 10. The van der Waals surface area contributed by atoms with Gasteiger partial charge < -0.3 is 15.1 Å². The molecule has 1 heterocycles. The van der Waals surface area contributed by atoms with Crippen molar-refractivity contribution in [2.24, 2.45) is 11.3 Å². The van der Waals surface area contributed by atoms with Gasteiger partial charge in [0, 0.05) is 41.4 Å². The Bertz CT molecular complexity index is 1650. The second kappa shape index (κ2) is 16.6. The van der Waals surface area contributed by atoms with Crippen molar-refractivity contribution in [3.8, 4) is 0 Å². The third-order valence-electron chi connectivity index (χ3n) is 11.8. The number of para-hydroxylation sites is 1. The van der Waals surface area contributed by atoms with Crippen LogP contribution in [0.15, 0.2) is 108 Å². The van der Waals surface area contributed by atoms with Crippen LogP contribution in [0.5, 0.6) is 0 Å². The van der Waals surface area contributed by atoms with Crippen molar-refractivity contribution in [2.45, 2.75) is 131 Å². The number of anilines is 3. The highest BCUT2D eigenvalue weighted by molar-refractivity contribution is 5.81. The molecule has 3 heteroatoms. The first-order chi connectivity index (χ1) is 24.3. The van der Waals surface area contributed by atoms with E-state index in [9.17, 15) is 0 Å². The molecule has 1 N–H and O–H groups in total. The largest absolute Gasteiger partial charge is 0.338 e. The number of aryl methyl sites for hydroxylation is 2. The molecule has 2 aromatic rings. The van der Waals surface area contributed by atoms with Crippen molar-refractivity contribution in [2.75, 3.05) is 16.3 Å². The zero-order chi connectivity index (χ0) is 35.1. The molecule has 3 nitrogen and oxygen atoms in total. The second-order valence-electron chi connectivity index (χ2n) is 16.0. The number of hydrogen-bond donors (Lipinski definition) is 1. The lowest BCUT2D eigenvalue weighted by atomic mass is 9.75. The summed E-state index contributed by atoms with van der Waals surface area (Å²) in [4.78, 5) is 5.40. The van der Waals surface area contributed by atoms with E-state index in [1.54, 1.807) is 0 Å². The Labute approximate surface area is 304 Å². The molecular formula is C47H63N3. The summed E-state index contributed by atoms with van der Waals surface area (Å²) in [6.45, 7) is 15.5. The van der Waals surface area contributed by atoms with Gasteiger partial charge in [0.1, 0.15) is 0 Å². The van der Waals surface area contributed by atoms with Gasteiger partial charge in [-0.1, -0.05) is 114 Å². The summed E-state index contributed by atoms with van der Waals surface area (Å²) < 4.78 is 0. The number of benzene rings is 2. The molecule has 2 fully saturated rings. The maximum atomic E-state index is 3.59. The first kappa shape index (κ1) is 36.2. The molecular weight excluding hydrogens is 607 g/mol. The summed E-state index contributed by atoms with van der Waals surface area (Å²) in [5.41, 5.74) is 12.9. The van der Waals surface area contributed by atoms with Gasteiger partial charge in [-0.25, -0.2) is 0 Å². The highest BCUT2D eigenvalue weighted by atomic mass is 15.2. The Morgan fingerprint density at radius 1 is 0.820 bits per heavy atom. The van der Waals surface area contributed by atoms with Gasteiger partial charge in [-0.3, -0.25) is 0 Å². The third-order valence-corrected chi connectivity index (χ3v) is 11.8. The van der Waals surface area contributed by atoms with Gasteiger partial charge in [0.05, 0.1) is 5.69 Å². The summed E-state index contributed by atoms with van der Waals surface area (Å²) in [6, 6.07) is 15.3. The third kappa shape index (κ3) is 8.48. The standard InChI is InChI=1S/C47H63N3/c1-7-38-20-14-15-25-44(38)50(41-23-16-18-30-47(6,31-19-17-24-41)33-39-34-48-39)46-36(4)27-29-45(42(46)8-2)49(40-21-12-10-9-11-13-22-40)43-28-26-35(3)32-37(43)5/h9-15,20-22,25-29,35,39,41,48H,7-8,16-19,23-24,30-34H2,1-6H3. The SMILES string of the molecule is CCc1ccccc1N(c1c(C)ccc(N(C2=CC=CC=CC=C2)C2=C(C)CC(C)C=C2)c1CC)C1CCCCC(C)(CC2CN2)CCCC1. The molecule has 3 aliphatic carbocycles. The molecule has 0 spiro atoms. The smallest absolute Gasteiger partial charge is 0.0514 e. The molecule has 0 bridgehead atoms. The Hall–Kier alpha value is -3.56. The van der Waals surface area contributed by atoms with Crippen LogP contribution < -0.4 is 15.1 Å². The Kier molecular flexibility index (Phi) is 12.1. The summed E-state index contributed by atoms with van der Waals surface area (Å²) in [6.07, 6.45) is 35.0. The quantitative estimate of drug-likeness (QED) is 0.255. The average Bonchev–Trinajstić information content (AvgIpc) is 3.91. The van der Waals surface area contributed by atoms with Crippen LogP contribution in [0.3, 0.4) is 0 Å². The Morgan fingerprint density at radius 2 is 1.54 bits per heavy atom. The zero-order valence-corrected chi connectivity index (χ0v) is 32.0. The monoisotopic (exact) mass is 670 g/mol. The predicted octanol–water partition coefficient (Wildman–Crippen LogP) is 12.4. The predicted molar refractivity (Wildman–Crippen MR) is 217 cm³/mol. The van der Waals surface area contributed by atoms with E-state index >= 15 is 0 Å². The molecule has 50 heavy (non-hydrogen) atoms. The van der Waals surface area contributed by atoms with Crippen LogP contribution in [0.1, 0.15) is 116 Å². The molecule has 2 atom stereocenters. The van der Waals surface area contributed by atoms with Gasteiger partial charge in [-0.15, -0.1) is 0 Å². The van der Waals surface area contributed by atoms with Crippen LogP contribution in [-0.4, -0.2) is 18.6 Å². The van der Waals surface area contributed by atoms with E-state index < -0.39 is 0 Å². The molecule has 6 rings (SSSR count). The minimum absolute atomic E-state index is 0.467. The lowest BCUT2D eigenvalue weighted by Gasteiger charge is -2.41. The maximum Gasteiger partial charge on any atom is 0.0514 e. The van der Waals surface area contributed by atoms with E-state index in [2.05, 4.69) is 148 Å². The fourth-order valence-electron chi connectivity index (χ4n) is 9.03. The van der Waals surface area contributed by atoms with Crippen LogP contribution in [0.2, 0.25) is 0 Å². The van der Waals surface area contributed by atoms with Gasteiger partial charge in [0.15, 0.2) is 0 Å². The highest BCUT2D eigenvalue weighted by Gasteiger charge is 2.34. The van der Waals surface area contributed by atoms with E-state index in [4.69, 9.17) is 0 Å². The second-order valence-corrected chi connectivity index (χ2v) is 16.0. The summed E-state index contributed by atoms with van der Waals surface area (Å²) in [7, 11) is 0. The Balaban J connectivity index is 1.47. The number of hydrogen-bond acceptors (Lipinski definition) is 3. The lowest BCUT2D eigenvalue weighted by Crippen LogP contribution is -2.34. The van der Waals surface area contributed by atoms with E-state index in [1.165, 1.54) is 115 Å². The Morgan fingerprint density at radius 3 is 2.24 bits per heavy atom. The molecule has 266 valence electrons. The van der Waals surface area contributed by atoms with Crippen LogP contribution in [0.25, 0.3) is 0 Å². The number of nitrogens with one attached hydrogen (secondary N) is 1. The first-order valence-corrected chi connectivity index (χ1v) is 19.9. The fraction of sp³-hybridized carbons (Fsp3) is 0.489. The molecule has 4 aliphatic rings. The van der Waals surface area contributed by atoms with Crippen LogP contribution in [-0.2, 0) is 12.8 Å². The van der Waals surface area contributed by atoms with Crippen LogP contribution >= 0.6 is 0 Å². The van der Waals surface area contributed by atoms with Gasteiger partial charge in [-0.2, -0.15) is 0 Å². The van der Waals surface area contributed by atoms with E-state index in [0.29, 0.717) is 17.4 Å². The molecule has 0 amide bonds. The van der Waals surface area contributed by atoms with Crippen LogP contribution in [0, 0.1) is 18.3 Å². The van der Waals surface area contributed by atoms with Crippen molar-refractivity contribution in [3.63, 3.8) is 0 Å². The zero-order valence-electron chi connectivity index (χ0n) is 32.0. The van der Waals surface area contributed by atoms with Crippen molar-refractivity contribution in [1.82, 2.24) is 5.32 Å². The van der Waals surface area contributed by atoms with Crippen molar-refractivity contribution >= 4 is 17.1 Å². The van der Waals surface area contributed by atoms with Gasteiger partial charge in [-0.05, 0) is 129 Å². The van der Waals surface area contributed by atoms with Gasteiger partial charge in [0.25, 0.3) is 0 Å². The average molecular weight is 670 g/mol. The minimum atomic E-state index is 0.467. The molecule has 2 aromatic carbocycles. The minimum Gasteiger partial charge on any atom is -0.338 e. The van der Waals surface area contributed by atoms with Crippen molar-refractivity contribution in [3.05, 3.63) is 125 Å². The summed E-state index contributed by atoms with van der Waals surface area (Å²) in [5.74, 6) is 0.557. The van der Waals surface area contributed by atoms with Gasteiger partial charge >= 0.3 is 0 Å².